The number of furan rings is 4. The Bertz CT molecular complexity index is 3530. The minimum absolute atomic E-state index is 0.757. The number of rotatable bonds is 4. The van der Waals surface area contributed by atoms with Gasteiger partial charge in [0.15, 0.2) is 11.2 Å². The van der Waals surface area contributed by atoms with Gasteiger partial charge < -0.3 is 17.7 Å². The molecule has 0 aliphatic carbocycles. The predicted molar refractivity (Wildman–Crippen MR) is 237 cm³/mol. The molecule has 4 heteroatoms. The van der Waals surface area contributed by atoms with Crippen LogP contribution >= 0.6 is 0 Å². The van der Waals surface area contributed by atoms with Crippen LogP contribution in [0.3, 0.4) is 0 Å². The first-order chi connectivity index (χ1) is 28.7. The third kappa shape index (κ3) is 4.69. The summed E-state index contributed by atoms with van der Waals surface area (Å²) in [7, 11) is 0. The maximum atomic E-state index is 6.57. The van der Waals surface area contributed by atoms with Gasteiger partial charge in [-0.25, -0.2) is 0 Å². The Morgan fingerprint density at radius 2 is 0.448 bits per heavy atom. The van der Waals surface area contributed by atoms with Gasteiger partial charge in [-0.3, -0.25) is 0 Å². The van der Waals surface area contributed by atoms with Crippen LogP contribution in [0.1, 0.15) is 0 Å². The lowest BCUT2D eigenvalue weighted by Crippen LogP contribution is -1.79. The summed E-state index contributed by atoms with van der Waals surface area (Å²) >= 11 is 0. The summed E-state index contributed by atoms with van der Waals surface area (Å²) in [5.74, 6) is 0. The Hall–Kier alpha value is -7.82. The molecule has 4 heterocycles. The van der Waals surface area contributed by atoms with Gasteiger partial charge in [0.1, 0.15) is 33.5 Å². The van der Waals surface area contributed by atoms with E-state index in [0.29, 0.717) is 0 Å². The molecule has 0 amide bonds. The third-order valence-electron chi connectivity index (χ3n) is 11.9. The van der Waals surface area contributed by atoms with E-state index < -0.39 is 0 Å². The van der Waals surface area contributed by atoms with E-state index in [1.54, 1.807) is 0 Å². The number of benzene rings is 9. The minimum atomic E-state index is 0.757. The van der Waals surface area contributed by atoms with Crippen molar-refractivity contribution in [2.75, 3.05) is 0 Å². The van der Waals surface area contributed by atoms with Crippen LogP contribution in [-0.4, -0.2) is 0 Å². The van der Waals surface area contributed by atoms with Crippen LogP contribution in [0.15, 0.2) is 200 Å². The lowest BCUT2D eigenvalue weighted by atomic mass is 9.98. The van der Waals surface area contributed by atoms with Gasteiger partial charge in [-0.1, -0.05) is 97.1 Å². The SMILES string of the molecule is c1ccc(-c2ccc3oc4ccc(-c5ccc6oc7c(ccc8c9cc(-c%10ccc%11oc%12ccc(-c%13ccccc%13)cc%12c%11c%10)ccc9oc87)c6c5)cc4c3c2)cc1. The van der Waals surface area contributed by atoms with Crippen LogP contribution in [0, 0.1) is 0 Å². The number of hydrogen-bond acceptors (Lipinski definition) is 4. The Morgan fingerprint density at radius 1 is 0.190 bits per heavy atom. The summed E-state index contributed by atoms with van der Waals surface area (Å²) in [6, 6.07) is 63.9. The smallest absolute Gasteiger partial charge is 0.178 e. The van der Waals surface area contributed by atoms with Gasteiger partial charge in [0.05, 0.1) is 0 Å². The van der Waals surface area contributed by atoms with Gasteiger partial charge in [0, 0.05) is 43.1 Å². The van der Waals surface area contributed by atoms with Gasteiger partial charge in [-0.2, -0.15) is 0 Å². The van der Waals surface area contributed by atoms with Crippen molar-refractivity contribution >= 4 is 87.8 Å². The Kier molecular flexibility index (Phi) is 6.41. The van der Waals surface area contributed by atoms with E-state index >= 15 is 0 Å². The summed E-state index contributed by atoms with van der Waals surface area (Å²) < 4.78 is 25.7. The van der Waals surface area contributed by atoms with Gasteiger partial charge in [0.25, 0.3) is 0 Å². The van der Waals surface area contributed by atoms with Gasteiger partial charge in [-0.15, -0.1) is 0 Å². The zero-order valence-corrected chi connectivity index (χ0v) is 31.0. The highest BCUT2D eigenvalue weighted by Gasteiger charge is 2.19. The van der Waals surface area contributed by atoms with E-state index in [1.165, 1.54) is 22.3 Å². The fourth-order valence-corrected chi connectivity index (χ4v) is 8.96. The van der Waals surface area contributed by atoms with Crippen molar-refractivity contribution in [2.45, 2.75) is 0 Å². The van der Waals surface area contributed by atoms with Crippen molar-refractivity contribution < 1.29 is 17.7 Å². The zero-order valence-electron chi connectivity index (χ0n) is 31.0. The molecule has 0 aliphatic rings. The highest BCUT2D eigenvalue weighted by molar-refractivity contribution is 6.20. The molecule has 0 saturated heterocycles. The molecule has 58 heavy (non-hydrogen) atoms. The molecule has 0 atom stereocenters. The van der Waals surface area contributed by atoms with Crippen LogP contribution in [0.4, 0.5) is 0 Å². The first-order valence-corrected chi connectivity index (χ1v) is 19.5. The van der Waals surface area contributed by atoms with E-state index in [4.69, 9.17) is 17.7 Å². The van der Waals surface area contributed by atoms with Crippen molar-refractivity contribution in [3.05, 3.63) is 182 Å². The fraction of sp³-hybridized carbons (Fsp3) is 0. The number of hydrogen-bond donors (Lipinski definition) is 0. The summed E-state index contributed by atoms with van der Waals surface area (Å²) in [5.41, 5.74) is 15.9. The Balaban J connectivity index is 0.892. The standard InChI is InChI=1S/C54H30O4/c1-3-7-31(8-4-1)33-11-19-47-43(25-33)45-29-37(13-21-49(45)55-47)35-15-23-51-41(27-35)39-17-18-40-42-28-36(16-24-52(42)58-54(40)53(39)57-51)38-14-22-50-46(30-38)44-26-34(12-20-48(44)56-50)32-9-5-2-6-10-32/h1-30H. The molecule has 0 unspecified atom stereocenters. The first kappa shape index (κ1) is 31.4. The first-order valence-electron chi connectivity index (χ1n) is 19.5. The molecule has 9 aromatic carbocycles. The predicted octanol–water partition coefficient (Wildman–Crippen LogP) is 16.0. The van der Waals surface area contributed by atoms with E-state index in [2.05, 4.69) is 170 Å². The molecule has 0 fully saturated rings. The van der Waals surface area contributed by atoms with Crippen LogP contribution in [0.25, 0.3) is 132 Å². The van der Waals surface area contributed by atoms with Crippen molar-refractivity contribution in [1.82, 2.24) is 0 Å². The summed E-state index contributed by atoms with van der Waals surface area (Å²) in [4.78, 5) is 0. The summed E-state index contributed by atoms with van der Waals surface area (Å²) in [5, 5.41) is 8.57. The van der Waals surface area contributed by atoms with Crippen LogP contribution in [0.2, 0.25) is 0 Å². The summed E-state index contributed by atoms with van der Waals surface area (Å²) in [6.45, 7) is 0. The molecular formula is C54H30O4. The van der Waals surface area contributed by atoms with Crippen LogP contribution < -0.4 is 0 Å². The monoisotopic (exact) mass is 742 g/mol. The molecule has 4 nitrogen and oxygen atoms in total. The third-order valence-corrected chi connectivity index (χ3v) is 11.9. The second-order valence-corrected chi connectivity index (χ2v) is 15.2. The van der Waals surface area contributed by atoms with Gasteiger partial charge in [0.2, 0.25) is 0 Å². The second kappa shape index (κ2) is 11.8. The lowest BCUT2D eigenvalue weighted by molar-refractivity contribution is 0.633. The van der Waals surface area contributed by atoms with Crippen LogP contribution in [0.5, 0.6) is 0 Å². The van der Waals surface area contributed by atoms with E-state index in [-0.39, 0.29) is 0 Å². The quantitative estimate of drug-likeness (QED) is 0.180. The molecule has 4 aromatic heterocycles. The lowest BCUT2D eigenvalue weighted by Gasteiger charge is -2.03. The van der Waals surface area contributed by atoms with E-state index in [0.717, 1.165) is 110 Å². The maximum Gasteiger partial charge on any atom is 0.178 e. The minimum Gasteiger partial charge on any atom is -0.456 e. The van der Waals surface area contributed by atoms with Crippen LogP contribution in [-0.2, 0) is 0 Å². The zero-order chi connectivity index (χ0) is 37.9. The van der Waals surface area contributed by atoms with Crippen molar-refractivity contribution in [3.63, 3.8) is 0 Å². The molecule has 0 saturated carbocycles. The second-order valence-electron chi connectivity index (χ2n) is 15.2. The highest BCUT2D eigenvalue weighted by atomic mass is 16.4. The number of fused-ring (bicyclic) bond motifs is 13. The molecular weight excluding hydrogens is 713 g/mol. The molecule has 0 aliphatic heterocycles. The Morgan fingerprint density at radius 3 is 0.759 bits per heavy atom. The highest BCUT2D eigenvalue weighted by Crippen LogP contribution is 2.42. The normalized spacial score (nSPS) is 12.1. The largest absolute Gasteiger partial charge is 0.456 e. The van der Waals surface area contributed by atoms with E-state index in [1.807, 2.05) is 12.1 Å². The topological polar surface area (TPSA) is 52.6 Å². The molecule has 0 N–H and O–H groups in total. The van der Waals surface area contributed by atoms with E-state index in [9.17, 15) is 0 Å². The molecule has 0 spiro atoms. The fourth-order valence-electron chi connectivity index (χ4n) is 8.96. The average molecular weight is 743 g/mol. The molecule has 0 radical (unpaired) electrons. The molecule has 13 aromatic rings. The summed E-state index contributed by atoms with van der Waals surface area (Å²) in [6.07, 6.45) is 0. The molecule has 13 rings (SSSR count). The van der Waals surface area contributed by atoms with Gasteiger partial charge in [-0.05, 0) is 129 Å². The Labute approximate surface area is 330 Å². The average Bonchev–Trinajstić information content (AvgIpc) is 4.05. The van der Waals surface area contributed by atoms with Crippen molar-refractivity contribution in [1.29, 1.82) is 0 Å². The maximum absolute atomic E-state index is 6.57. The molecule has 270 valence electrons. The molecule has 0 bridgehead atoms. The van der Waals surface area contributed by atoms with Crippen molar-refractivity contribution in [2.24, 2.45) is 0 Å². The van der Waals surface area contributed by atoms with Crippen molar-refractivity contribution in [3.8, 4) is 44.5 Å². The van der Waals surface area contributed by atoms with Gasteiger partial charge >= 0.3 is 0 Å².